The third kappa shape index (κ3) is 2.70. The minimum atomic E-state index is 0.392. The molecule has 4 rings (SSSR count). The van der Waals surface area contributed by atoms with E-state index in [0.29, 0.717) is 34.3 Å². The van der Waals surface area contributed by atoms with Gasteiger partial charge in [-0.3, -0.25) is 15.0 Å². The van der Waals surface area contributed by atoms with E-state index >= 15 is 0 Å². The molecule has 0 spiro atoms. The number of rotatable bonds is 3. The lowest BCUT2D eigenvalue weighted by atomic mass is 10.1. The average molecular weight is 313 g/mol. The monoisotopic (exact) mass is 313 g/mol. The quantitative estimate of drug-likeness (QED) is 0.573. The summed E-state index contributed by atoms with van der Waals surface area (Å²) in [6, 6.07) is 11.2. The number of pyridine rings is 2. The Labute approximate surface area is 137 Å². The smallest absolute Gasteiger partial charge is 0.202 e. The second kappa shape index (κ2) is 6.25. The summed E-state index contributed by atoms with van der Waals surface area (Å²) in [6.07, 6.45) is 8.20. The van der Waals surface area contributed by atoms with Crippen molar-refractivity contribution in [2.75, 3.05) is 0 Å². The molecule has 4 heterocycles. The van der Waals surface area contributed by atoms with Crippen LogP contribution in [-0.2, 0) is 0 Å². The van der Waals surface area contributed by atoms with E-state index < -0.39 is 0 Å². The predicted molar refractivity (Wildman–Crippen MR) is 87.3 cm³/mol. The summed E-state index contributed by atoms with van der Waals surface area (Å²) in [5.74, 6) is 0.392. The maximum atomic E-state index is 4.61. The summed E-state index contributed by atoms with van der Waals surface area (Å²) in [5.41, 5.74) is 3.10. The van der Waals surface area contributed by atoms with E-state index in [0.717, 1.165) is 0 Å². The van der Waals surface area contributed by atoms with Crippen LogP contribution < -0.4 is 0 Å². The van der Waals surface area contributed by atoms with Crippen LogP contribution in [-0.4, -0.2) is 35.1 Å². The molecule has 0 saturated heterocycles. The lowest BCUT2D eigenvalue weighted by Gasteiger charge is -2.07. The first-order valence-electron chi connectivity index (χ1n) is 7.26. The van der Waals surface area contributed by atoms with Crippen molar-refractivity contribution < 1.29 is 0 Å². The molecule has 24 heavy (non-hydrogen) atoms. The van der Waals surface area contributed by atoms with Gasteiger partial charge in [-0.2, -0.15) is 0 Å². The molecule has 0 fully saturated rings. The van der Waals surface area contributed by atoms with Gasteiger partial charge < -0.3 is 0 Å². The summed E-state index contributed by atoms with van der Waals surface area (Å²) < 4.78 is 0. The van der Waals surface area contributed by atoms with Crippen molar-refractivity contribution in [3.63, 3.8) is 0 Å². The molecule has 0 N–H and O–H groups in total. The predicted octanol–water partition coefficient (Wildman–Crippen LogP) is 2.45. The molecule has 0 radical (unpaired) electrons. The molecular formula is C17H11N7. The van der Waals surface area contributed by atoms with E-state index in [1.807, 2.05) is 36.4 Å². The number of hydrogen-bond donors (Lipinski definition) is 0. The Hall–Kier alpha value is -3.61. The SMILES string of the molecule is c1ccc(-c2nnc(-c3cnccn3)nc2-c2ccccn2)nc1. The molecule has 0 saturated carbocycles. The average Bonchev–Trinajstić information content (AvgIpc) is 2.69. The van der Waals surface area contributed by atoms with Crippen molar-refractivity contribution in [2.45, 2.75) is 0 Å². The summed E-state index contributed by atoms with van der Waals surface area (Å²) in [4.78, 5) is 21.6. The van der Waals surface area contributed by atoms with E-state index in [1.165, 1.54) is 0 Å². The van der Waals surface area contributed by atoms with Crippen LogP contribution in [0.15, 0.2) is 67.4 Å². The standard InChI is InChI=1S/C17H11N7/c1-3-7-19-12(5-1)15-16(13-6-2-4-8-20-13)23-24-17(22-15)14-11-18-9-10-21-14/h1-11H. The third-order valence-electron chi connectivity index (χ3n) is 3.29. The molecular weight excluding hydrogens is 302 g/mol. The Morgan fingerprint density at radius 1 is 0.583 bits per heavy atom. The van der Waals surface area contributed by atoms with Gasteiger partial charge in [0.15, 0.2) is 0 Å². The number of nitrogens with zero attached hydrogens (tertiary/aromatic N) is 7. The zero-order chi connectivity index (χ0) is 16.2. The van der Waals surface area contributed by atoms with Crippen molar-refractivity contribution in [3.8, 4) is 34.3 Å². The van der Waals surface area contributed by atoms with E-state index in [-0.39, 0.29) is 0 Å². The van der Waals surface area contributed by atoms with Crippen molar-refractivity contribution in [1.82, 2.24) is 35.1 Å². The zero-order valence-corrected chi connectivity index (χ0v) is 12.5. The molecule has 0 aromatic carbocycles. The van der Waals surface area contributed by atoms with Crippen LogP contribution in [0.1, 0.15) is 0 Å². The van der Waals surface area contributed by atoms with Crippen LogP contribution in [0.2, 0.25) is 0 Å². The highest BCUT2D eigenvalue weighted by Crippen LogP contribution is 2.26. The summed E-state index contributed by atoms with van der Waals surface area (Å²) in [6.45, 7) is 0. The van der Waals surface area contributed by atoms with Gasteiger partial charge in [-0.05, 0) is 24.3 Å². The number of aromatic nitrogens is 7. The van der Waals surface area contributed by atoms with Gasteiger partial charge >= 0.3 is 0 Å². The minimum Gasteiger partial charge on any atom is -0.261 e. The van der Waals surface area contributed by atoms with Gasteiger partial charge in [0, 0.05) is 24.8 Å². The van der Waals surface area contributed by atoms with Gasteiger partial charge in [-0.1, -0.05) is 12.1 Å². The number of hydrogen-bond acceptors (Lipinski definition) is 7. The van der Waals surface area contributed by atoms with E-state index in [1.54, 1.807) is 31.0 Å². The summed E-state index contributed by atoms with van der Waals surface area (Å²) in [5, 5.41) is 8.50. The summed E-state index contributed by atoms with van der Waals surface area (Å²) >= 11 is 0. The molecule has 0 aliphatic heterocycles. The maximum Gasteiger partial charge on any atom is 0.202 e. The van der Waals surface area contributed by atoms with Gasteiger partial charge in [0.2, 0.25) is 5.82 Å². The van der Waals surface area contributed by atoms with Crippen molar-refractivity contribution >= 4 is 0 Å². The van der Waals surface area contributed by atoms with E-state index in [4.69, 9.17) is 0 Å². The van der Waals surface area contributed by atoms with Crippen molar-refractivity contribution in [2.24, 2.45) is 0 Å². The van der Waals surface area contributed by atoms with Crippen LogP contribution >= 0.6 is 0 Å². The first-order valence-corrected chi connectivity index (χ1v) is 7.26. The molecule has 0 aliphatic rings. The second-order valence-electron chi connectivity index (χ2n) is 4.85. The Bertz CT molecular complexity index is 944. The normalized spacial score (nSPS) is 10.5. The largest absolute Gasteiger partial charge is 0.261 e. The van der Waals surface area contributed by atoms with Crippen LogP contribution in [0.3, 0.4) is 0 Å². The van der Waals surface area contributed by atoms with Gasteiger partial charge in [-0.15, -0.1) is 10.2 Å². The second-order valence-corrected chi connectivity index (χ2v) is 4.85. The lowest BCUT2D eigenvalue weighted by molar-refractivity contribution is 0.967. The molecule has 0 atom stereocenters. The van der Waals surface area contributed by atoms with Crippen molar-refractivity contribution in [3.05, 3.63) is 67.4 Å². The third-order valence-corrected chi connectivity index (χ3v) is 3.29. The van der Waals surface area contributed by atoms with E-state index in [9.17, 15) is 0 Å². The van der Waals surface area contributed by atoms with Crippen LogP contribution in [0, 0.1) is 0 Å². The fourth-order valence-corrected chi connectivity index (χ4v) is 2.21. The molecule has 0 aliphatic carbocycles. The zero-order valence-electron chi connectivity index (χ0n) is 12.5. The van der Waals surface area contributed by atoms with E-state index in [2.05, 4.69) is 35.1 Å². The van der Waals surface area contributed by atoms with Crippen LogP contribution in [0.25, 0.3) is 34.3 Å². The minimum absolute atomic E-state index is 0.392. The Morgan fingerprint density at radius 2 is 1.29 bits per heavy atom. The first-order chi connectivity index (χ1) is 11.9. The molecule has 4 aromatic rings. The van der Waals surface area contributed by atoms with Gasteiger partial charge in [0.25, 0.3) is 0 Å². The van der Waals surface area contributed by atoms with Gasteiger partial charge in [-0.25, -0.2) is 9.97 Å². The van der Waals surface area contributed by atoms with Gasteiger partial charge in [0.05, 0.1) is 17.6 Å². The lowest BCUT2D eigenvalue weighted by Crippen LogP contribution is -2.02. The topological polar surface area (TPSA) is 90.2 Å². The van der Waals surface area contributed by atoms with Crippen LogP contribution in [0.4, 0.5) is 0 Å². The van der Waals surface area contributed by atoms with Gasteiger partial charge in [0.1, 0.15) is 17.1 Å². The van der Waals surface area contributed by atoms with Crippen LogP contribution in [0.5, 0.6) is 0 Å². The Balaban J connectivity index is 1.92. The Kier molecular flexibility index (Phi) is 3.65. The molecule has 0 bridgehead atoms. The highest BCUT2D eigenvalue weighted by atomic mass is 15.2. The van der Waals surface area contributed by atoms with Crippen molar-refractivity contribution in [1.29, 1.82) is 0 Å². The maximum absolute atomic E-state index is 4.61. The molecule has 4 aromatic heterocycles. The molecule has 0 amide bonds. The molecule has 7 heteroatoms. The summed E-state index contributed by atoms with van der Waals surface area (Å²) in [7, 11) is 0. The Morgan fingerprint density at radius 3 is 1.92 bits per heavy atom. The molecule has 7 nitrogen and oxygen atoms in total. The fraction of sp³-hybridized carbons (Fsp3) is 0. The highest BCUT2D eigenvalue weighted by molar-refractivity contribution is 5.74. The fourth-order valence-electron chi connectivity index (χ4n) is 2.21. The highest BCUT2D eigenvalue weighted by Gasteiger charge is 2.16. The molecule has 114 valence electrons. The first kappa shape index (κ1) is 14.0. The molecule has 0 unspecified atom stereocenters.